The summed E-state index contributed by atoms with van der Waals surface area (Å²) in [6.45, 7) is 2.39. The van der Waals surface area contributed by atoms with Crippen molar-refractivity contribution in [2.45, 2.75) is 12.5 Å². The number of benzene rings is 2. The molecule has 1 aromatic heterocycles. The monoisotopic (exact) mass is 533 g/mol. The lowest BCUT2D eigenvalue weighted by Gasteiger charge is -2.31. The molecule has 4 rings (SSSR count). The lowest BCUT2D eigenvalue weighted by Crippen LogP contribution is -2.49. The van der Waals surface area contributed by atoms with Gasteiger partial charge in [0.05, 0.1) is 23.2 Å². The van der Waals surface area contributed by atoms with Gasteiger partial charge >= 0.3 is 0 Å². The summed E-state index contributed by atoms with van der Waals surface area (Å²) >= 11 is 0. The van der Waals surface area contributed by atoms with E-state index in [2.05, 4.69) is 28.0 Å². The number of primary amides is 1. The Hall–Kier alpha value is -4.79. The summed E-state index contributed by atoms with van der Waals surface area (Å²) in [5.74, 6) is -2.79. The number of aldehydes is 1. The van der Waals surface area contributed by atoms with Crippen molar-refractivity contribution in [1.82, 2.24) is 14.8 Å². The van der Waals surface area contributed by atoms with Crippen LogP contribution in [0, 0.1) is 12.8 Å². The zero-order valence-electron chi connectivity index (χ0n) is 21.5. The highest BCUT2D eigenvalue weighted by Crippen LogP contribution is 2.26. The van der Waals surface area contributed by atoms with E-state index in [9.17, 15) is 29.1 Å². The molecule has 2 heterocycles. The average molecular weight is 534 g/mol. The Bertz CT molecular complexity index is 1330. The molecule has 2 aromatic carbocycles. The number of aliphatic hydroxyl groups is 1. The Balaban J connectivity index is 0.000000451. The van der Waals surface area contributed by atoms with Gasteiger partial charge in [-0.3, -0.25) is 24.0 Å². The number of nitrogens with two attached hydrogens (primary N) is 1. The van der Waals surface area contributed by atoms with E-state index in [0.29, 0.717) is 42.8 Å². The second-order valence-corrected chi connectivity index (χ2v) is 8.56. The van der Waals surface area contributed by atoms with Crippen molar-refractivity contribution in [1.29, 1.82) is 0 Å². The van der Waals surface area contributed by atoms with E-state index in [4.69, 9.17) is 5.73 Å². The van der Waals surface area contributed by atoms with Crippen LogP contribution >= 0.6 is 0 Å². The molecule has 1 aliphatic rings. The molecule has 204 valence electrons. The topological polar surface area (TPSA) is 166 Å². The van der Waals surface area contributed by atoms with Crippen molar-refractivity contribution in [2.24, 2.45) is 5.73 Å². The normalized spacial score (nSPS) is 13.6. The number of aromatic amines is 1. The van der Waals surface area contributed by atoms with E-state index in [1.807, 2.05) is 25.2 Å². The van der Waals surface area contributed by atoms with E-state index in [0.717, 1.165) is 11.8 Å². The number of H-pyrrole nitrogens is 1. The first-order chi connectivity index (χ1) is 18.7. The molecule has 5 N–H and O–H groups in total. The molecular weight excluding hydrogens is 502 g/mol. The number of Topliss-reactive ketones (excluding diaryl/α,β-unsaturated/α-hetero) is 1. The summed E-state index contributed by atoms with van der Waals surface area (Å²) in [5.41, 5.74) is 6.66. The Morgan fingerprint density at radius 3 is 2.26 bits per heavy atom. The first-order valence-corrected chi connectivity index (χ1v) is 11.9. The molecular formula is C28H31N5O6. The molecule has 3 aromatic rings. The first kappa shape index (κ1) is 30.4. The van der Waals surface area contributed by atoms with Crippen molar-refractivity contribution in [3.8, 4) is 12.8 Å². The minimum absolute atomic E-state index is 0.206. The molecule has 0 bridgehead atoms. The molecule has 1 atom stereocenters. The van der Waals surface area contributed by atoms with Crippen molar-refractivity contribution in [3.63, 3.8) is 0 Å². The molecule has 0 spiro atoms. The van der Waals surface area contributed by atoms with Gasteiger partial charge in [-0.25, -0.2) is 0 Å². The highest BCUT2D eigenvalue weighted by atomic mass is 16.3. The van der Waals surface area contributed by atoms with Gasteiger partial charge in [-0.05, 0) is 13.1 Å². The number of carbonyl (C=O) groups excluding carboxylic acids is 5. The maximum Gasteiger partial charge on any atom is 0.295 e. The summed E-state index contributed by atoms with van der Waals surface area (Å²) < 4.78 is 0. The lowest BCUT2D eigenvalue weighted by atomic mass is 10.1. The number of nitrogens with one attached hydrogen (secondary N) is 2. The van der Waals surface area contributed by atoms with E-state index >= 15 is 0 Å². The van der Waals surface area contributed by atoms with Crippen LogP contribution in [0.4, 0.5) is 5.69 Å². The van der Waals surface area contributed by atoms with Crippen LogP contribution in [0.3, 0.4) is 0 Å². The zero-order valence-corrected chi connectivity index (χ0v) is 21.5. The number of anilines is 1. The van der Waals surface area contributed by atoms with Crippen LogP contribution in [0.1, 0.15) is 27.1 Å². The van der Waals surface area contributed by atoms with Crippen LogP contribution in [0.25, 0.3) is 10.9 Å². The zero-order chi connectivity index (χ0) is 28.9. The van der Waals surface area contributed by atoms with Gasteiger partial charge in [0.1, 0.15) is 12.4 Å². The summed E-state index contributed by atoms with van der Waals surface area (Å²) in [6, 6.07) is 13.9. The predicted molar refractivity (Wildman–Crippen MR) is 147 cm³/mol. The van der Waals surface area contributed by atoms with Crippen LogP contribution in [0.15, 0.2) is 54.7 Å². The van der Waals surface area contributed by atoms with E-state index in [1.54, 1.807) is 30.3 Å². The second-order valence-electron chi connectivity index (χ2n) is 8.56. The fourth-order valence-corrected chi connectivity index (χ4v) is 3.75. The Labute approximate surface area is 226 Å². The van der Waals surface area contributed by atoms with E-state index in [-0.39, 0.29) is 5.56 Å². The van der Waals surface area contributed by atoms with Crippen molar-refractivity contribution >= 4 is 46.4 Å². The lowest BCUT2D eigenvalue weighted by molar-refractivity contribution is -0.129. The highest BCUT2D eigenvalue weighted by Gasteiger charge is 2.28. The summed E-state index contributed by atoms with van der Waals surface area (Å²) in [5, 5.41) is 12.7. The molecule has 1 fully saturated rings. The maximum atomic E-state index is 12.8. The predicted octanol–water partition coefficient (Wildman–Crippen LogP) is 1.05. The Morgan fingerprint density at radius 2 is 1.69 bits per heavy atom. The van der Waals surface area contributed by atoms with Crippen LogP contribution in [0.2, 0.25) is 0 Å². The third kappa shape index (κ3) is 8.36. The quantitative estimate of drug-likeness (QED) is 0.152. The summed E-state index contributed by atoms with van der Waals surface area (Å²) in [4.78, 5) is 64.8. The number of ketones is 1. The third-order valence-corrected chi connectivity index (χ3v) is 5.84. The largest absolute Gasteiger partial charge is 0.383 e. The molecule has 11 nitrogen and oxygen atoms in total. The van der Waals surface area contributed by atoms with E-state index in [1.165, 1.54) is 11.1 Å². The van der Waals surface area contributed by atoms with E-state index < -0.39 is 36.0 Å². The van der Waals surface area contributed by atoms with Crippen LogP contribution in [0.5, 0.6) is 0 Å². The highest BCUT2D eigenvalue weighted by molar-refractivity contribution is 6.45. The van der Waals surface area contributed by atoms with Crippen LogP contribution in [-0.4, -0.2) is 89.0 Å². The number of carbonyl (C=O) groups is 5. The van der Waals surface area contributed by atoms with Gasteiger partial charge in [-0.2, -0.15) is 0 Å². The van der Waals surface area contributed by atoms with Gasteiger partial charge in [-0.15, -0.1) is 12.8 Å². The first-order valence-electron chi connectivity index (χ1n) is 11.9. The molecule has 1 aliphatic heterocycles. The average Bonchev–Trinajstić information content (AvgIpc) is 3.39. The number of aromatic nitrogens is 1. The number of rotatable bonds is 7. The molecule has 39 heavy (non-hydrogen) atoms. The van der Waals surface area contributed by atoms with Crippen LogP contribution in [-0.2, 0) is 14.4 Å². The fourth-order valence-electron chi connectivity index (χ4n) is 3.75. The number of likely N-dealkylation sites (N-methyl/N-ethyl adjacent to an activating group) is 1. The number of amides is 3. The van der Waals surface area contributed by atoms with Gasteiger partial charge in [0.2, 0.25) is 5.91 Å². The number of piperazine rings is 1. The van der Waals surface area contributed by atoms with Gasteiger partial charge in [0.25, 0.3) is 17.6 Å². The number of fused-ring (bicyclic) bond motifs is 1. The van der Waals surface area contributed by atoms with Crippen LogP contribution < -0.4 is 11.1 Å². The fraction of sp³-hybridized carbons (Fsp3) is 0.250. The maximum absolute atomic E-state index is 12.8. The standard InChI is InChI=1S/C19H23N5O5.C7H6O.C2H2/c1-23-5-7-24(8-6-23)19(29)17(27)12-10-21-16-11(12)3-2-4-13(16)22-18(28)14(25)9-15(20)26;8-6-7-4-2-1-3-5-7;1-2/h2-4,10,14,21,25H,5-9H2,1H3,(H2,20,26)(H,22,28);1-6H;1-2H. The number of terminal acetylenes is 1. The van der Waals surface area contributed by atoms with Gasteiger partial charge in [0.15, 0.2) is 0 Å². The SMILES string of the molecule is C#C.CN1CCN(C(=O)C(=O)c2c[nH]c3c(NC(=O)C(O)CC(N)=O)cccc23)CC1.O=Cc1ccccc1. The van der Waals surface area contributed by atoms with Crippen molar-refractivity contribution in [2.75, 3.05) is 38.5 Å². The number of para-hydroxylation sites is 1. The molecule has 1 unspecified atom stereocenters. The van der Waals surface area contributed by atoms with Crippen molar-refractivity contribution in [3.05, 3.63) is 65.9 Å². The number of nitrogens with zero attached hydrogens (tertiary/aromatic N) is 2. The number of aliphatic hydroxyl groups excluding tert-OH is 1. The Morgan fingerprint density at radius 1 is 1.05 bits per heavy atom. The summed E-state index contributed by atoms with van der Waals surface area (Å²) in [6.07, 6.45) is 8.17. The smallest absolute Gasteiger partial charge is 0.295 e. The Kier molecular flexibility index (Phi) is 11.6. The molecule has 0 aliphatic carbocycles. The second kappa shape index (κ2) is 14.8. The molecule has 0 radical (unpaired) electrons. The van der Waals surface area contributed by atoms with Gasteiger partial charge in [-0.1, -0.05) is 42.5 Å². The number of hydrogen-bond acceptors (Lipinski definition) is 7. The summed E-state index contributed by atoms with van der Waals surface area (Å²) in [7, 11) is 1.96. The van der Waals surface area contributed by atoms with Gasteiger partial charge < -0.3 is 30.9 Å². The number of hydrogen-bond donors (Lipinski definition) is 4. The molecule has 11 heteroatoms. The van der Waals surface area contributed by atoms with Crippen molar-refractivity contribution < 1.29 is 29.1 Å². The molecule has 1 saturated heterocycles. The van der Waals surface area contributed by atoms with Gasteiger partial charge in [0, 0.05) is 43.3 Å². The molecule has 0 saturated carbocycles. The minimum atomic E-state index is -1.59. The third-order valence-electron chi connectivity index (χ3n) is 5.84. The minimum Gasteiger partial charge on any atom is -0.383 e. The molecule has 3 amide bonds.